The summed E-state index contributed by atoms with van der Waals surface area (Å²) in [5, 5.41) is 3.01. The van der Waals surface area contributed by atoms with Gasteiger partial charge in [-0.15, -0.1) is 0 Å². The number of fused-ring (bicyclic) bond motifs is 1. The van der Waals surface area contributed by atoms with Gasteiger partial charge in [-0.3, -0.25) is 4.79 Å². The zero-order valence-corrected chi connectivity index (χ0v) is 12.8. The Hall–Kier alpha value is -1.63. The first-order valence-electron chi connectivity index (χ1n) is 7.17. The van der Waals surface area contributed by atoms with E-state index < -0.39 is 0 Å². The Kier molecular flexibility index (Phi) is 3.84. The summed E-state index contributed by atoms with van der Waals surface area (Å²) in [4.78, 5) is 26.4. The van der Waals surface area contributed by atoms with Gasteiger partial charge in [-0.1, -0.05) is 0 Å². The van der Waals surface area contributed by atoms with Crippen LogP contribution in [0.15, 0.2) is 0 Å². The normalized spacial score (nSPS) is 25.0. The highest BCUT2D eigenvalue weighted by atomic mass is 35.5. The van der Waals surface area contributed by atoms with Crippen molar-refractivity contribution in [1.82, 2.24) is 20.3 Å². The fourth-order valence-corrected chi connectivity index (χ4v) is 3.06. The van der Waals surface area contributed by atoms with E-state index in [-0.39, 0.29) is 35.3 Å². The average Bonchev–Trinajstić information content (AvgIpc) is 2.79. The number of carbonyl (C=O) groups is 1. The molecule has 2 aliphatic rings. The SMILES string of the molecule is CC(C)Oc1nc(Cl)nc(N2CCCC3C(=O)NCC32)n1. The third-order valence-electron chi connectivity index (χ3n) is 3.77. The Morgan fingerprint density at radius 1 is 1.38 bits per heavy atom. The van der Waals surface area contributed by atoms with Crippen molar-refractivity contribution in [3.63, 3.8) is 0 Å². The van der Waals surface area contributed by atoms with E-state index in [2.05, 4.69) is 20.3 Å². The minimum atomic E-state index is -0.0415. The first-order chi connectivity index (χ1) is 10.0. The Bertz CT molecular complexity index is 553. The number of anilines is 1. The summed E-state index contributed by atoms with van der Waals surface area (Å²) in [6, 6.07) is 0.302. The van der Waals surface area contributed by atoms with Crippen molar-refractivity contribution in [3.8, 4) is 6.01 Å². The molecule has 0 bridgehead atoms. The first kappa shape index (κ1) is 14.3. The number of carbonyl (C=O) groups excluding carboxylic acids is 1. The molecule has 1 N–H and O–H groups in total. The minimum Gasteiger partial charge on any atom is -0.461 e. The number of aromatic nitrogens is 3. The van der Waals surface area contributed by atoms with Crippen molar-refractivity contribution < 1.29 is 9.53 Å². The van der Waals surface area contributed by atoms with E-state index >= 15 is 0 Å². The van der Waals surface area contributed by atoms with E-state index in [1.165, 1.54) is 0 Å². The summed E-state index contributed by atoms with van der Waals surface area (Å²) < 4.78 is 5.50. The molecule has 21 heavy (non-hydrogen) atoms. The van der Waals surface area contributed by atoms with E-state index in [1.54, 1.807) is 0 Å². The number of halogens is 1. The number of nitrogens with zero attached hydrogens (tertiary/aromatic N) is 4. The summed E-state index contributed by atoms with van der Waals surface area (Å²) >= 11 is 5.97. The van der Waals surface area contributed by atoms with Gasteiger partial charge in [-0.25, -0.2) is 0 Å². The van der Waals surface area contributed by atoms with Gasteiger partial charge < -0.3 is 15.0 Å². The molecule has 2 aliphatic heterocycles. The number of rotatable bonds is 3. The van der Waals surface area contributed by atoms with Crippen LogP contribution in [0.1, 0.15) is 26.7 Å². The fourth-order valence-electron chi connectivity index (χ4n) is 2.91. The van der Waals surface area contributed by atoms with Crippen LogP contribution < -0.4 is 15.0 Å². The molecule has 8 heteroatoms. The summed E-state index contributed by atoms with van der Waals surface area (Å²) in [5.74, 6) is 0.601. The Labute approximate surface area is 128 Å². The first-order valence-corrected chi connectivity index (χ1v) is 7.55. The van der Waals surface area contributed by atoms with E-state index in [4.69, 9.17) is 16.3 Å². The van der Waals surface area contributed by atoms with Crippen LogP contribution in [0.4, 0.5) is 5.95 Å². The summed E-state index contributed by atoms with van der Waals surface area (Å²) in [6.45, 7) is 5.21. The highest BCUT2D eigenvalue weighted by molar-refractivity contribution is 6.28. The lowest BCUT2D eigenvalue weighted by Crippen LogP contribution is -2.46. The van der Waals surface area contributed by atoms with Crippen molar-refractivity contribution in [2.75, 3.05) is 18.0 Å². The molecule has 2 atom stereocenters. The molecule has 3 heterocycles. The third kappa shape index (κ3) is 2.88. The van der Waals surface area contributed by atoms with Crippen LogP contribution in [0.3, 0.4) is 0 Å². The quantitative estimate of drug-likeness (QED) is 0.898. The van der Waals surface area contributed by atoms with Gasteiger partial charge in [0.25, 0.3) is 0 Å². The smallest absolute Gasteiger partial charge is 0.322 e. The number of piperidine rings is 1. The van der Waals surface area contributed by atoms with E-state index in [1.807, 2.05) is 18.7 Å². The Morgan fingerprint density at radius 2 is 2.19 bits per heavy atom. The van der Waals surface area contributed by atoms with E-state index in [0.29, 0.717) is 12.5 Å². The highest BCUT2D eigenvalue weighted by Gasteiger charge is 2.42. The van der Waals surface area contributed by atoms with Crippen LogP contribution in [0, 0.1) is 5.92 Å². The molecule has 0 saturated carbocycles. The largest absolute Gasteiger partial charge is 0.461 e. The molecule has 0 aromatic carbocycles. The molecule has 1 aromatic rings. The van der Waals surface area contributed by atoms with Crippen LogP contribution in [0.5, 0.6) is 6.01 Å². The molecule has 0 aliphatic carbocycles. The second-order valence-corrected chi connectivity index (χ2v) is 5.95. The van der Waals surface area contributed by atoms with Crippen LogP contribution in [-0.4, -0.2) is 46.1 Å². The van der Waals surface area contributed by atoms with Gasteiger partial charge in [0.15, 0.2) is 0 Å². The second-order valence-electron chi connectivity index (χ2n) is 5.61. The van der Waals surface area contributed by atoms with Crippen molar-refractivity contribution in [2.24, 2.45) is 5.92 Å². The molecule has 1 aromatic heterocycles. The monoisotopic (exact) mass is 311 g/mol. The maximum atomic E-state index is 11.8. The molecule has 2 fully saturated rings. The van der Waals surface area contributed by atoms with Gasteiger partial charge in [-0.05, 0) is 38.3 Å². The predicted octanol–water partition coefficient (Wildman–Crippen LogP) is 1.03. The number of hydrogen-bond acceptors (Lipinski definition) is 6. The van der Waals surface area contributed by atoms with E-state index in [0.717, 1.165) is 19.4 Å². The van der Waals surface area contributed by atoms with Crippen molar-refractivity contribution in [3.05, 3.63) is 5.28 Å². The summed E-state index contributed by atoms with van der Waals surface area (Å²) in [6.07, 6.45) is 1.79. The molecule has 3 rings (SSSR count). The molecule has 7 nitrogen and oxygen atoms in total. The standard InChI is InChI=1S/C13H18ClN5O2/c1-7(2)21-13-17-11(14)16-12(18-13)19-5-3-4-8-9(19)6-15-10(8)20/h7-9H,3-6H2,1-2H3,(H,15,20). The molecule has 114 valence electrons. The lowest BCUT2D eigenvalue weighted by molar-refractivity contribution is -0.123. The molecule has 1 amide bonds. The molecular weight excluding hydrogens is 294 g/mol. The molecule has 2 unspecified atom stereocenters. The zero-order valence-electron chi connectivity index (χ0n) is 12.0. The average molecular weight is 312 g/mol. The van der Waals surface area contributed by atoms with Gasteiger partial charge in [0.2, 0.25) is 17.1 Å². The molecule has 0 radical (unpaired) electrons. The Morgan fingerprint density at radius 3 is 2.95 bits per heavy atom. The van der Waals surface area contributed by atoms with Crippen LogP contribution in [0.25, 0.3) is 0 Å². The van der Waals surface area contributed by atoms with Gasteiger partial charge in [-0.2, -0.15) is 15.0 Å². The van der Waals surface area contributed by atoms with Crippen molar-refractivity contribution in [1.29, 1.82) is 0 Å². The van der Waals surface area contributed by atoms with Gasteiger partial charge in [0.05, 0.1) is 18.1 Å². The predicted molar refractivity (Wildman–Crippen MR) is 77.5 cm³/mol. The van der Waals surface area contributed by atoms with Crippen LogP contribution in [-0.2, 0) is 4.79 Å². The number of nitrogens with one attached hydrogen (secondary N) is 1. The lowest BCUT2D eigenvalue weighted by Gasteiger charge is -2.35. The molecular formula is C13H18ClN5O2. The van der Waals surface area contributed by atoms with E-state index in [9.17, 15) is 4.79 Å². The number of ether oxygens (including phenoxy) is 1. The van der Waals surface area contributed by atoms with Gasteiger partial charge in [0.1, 0.15) is 0 Å². The highest BCUT2D eigenvalue weighted by Crippen LogP contribution is 2.30. The van der Waals surface area contributed by atoms with Gasteiger partial charge in [0, 0.05) is 13.1 Å². The fraction of sp³-hybridized carbons (Fsp3) is 0.692. The summed E-state index contributed by atoms with van der Waals surface area (Å²) in [5.41, 5.74) is 0. The zero-order chi connectivity index (χ0) is 15.0. The summed E-state index contributed by atoms with van der Waals surface area (Å²) in [7, 11) is 0. The topological polar surface area (TPSA) is 80.2 Å². The third-order valence-corrected chi connectivity index (χ3v) is 3.94. The maximum Gasteiger partial charge on any atom is 0.322 e. The Balaban J connectivity index is 1.88. The molecule has 2 saturated heterocycles. The maximum absolute atomic E-state index is 11.8. The van der Waals surface area contributed by atoms with Crippen molar-refractivity contribution in [2.45, 2.75) is 38.8 Å². The minimum absolute atomic E-state index is 0.00348. The van der Waals surface area contributed by atoms with Crippen molar-refractivity contribution >= 4 is 23.5 Å². The number of hydrogen-bond donors (Lipinski definition) is 1. The van der Waals surface area contributed by atoms with Crippen LogP contribution >= 0.6 is 11.6 Å². The van der Waals surface area contributed by atoms with Gasteiger partial charge >= 0.3 is 6.01 Å². The molecule has 0 spiro atoms. The number of amides is 1. The van der Waals surface area contributed by atoms with Crippen LogP contribution in [0.2, 0.25) is 5.28 Å². The lowest BCUT2D eigenvalue weighted by atomic mass is 9.92. The second kappa shape index (κ2) is 5.63.